The van der Waals surface area contributed by atoms with Crippen molar-refractivity contribution in [2.45, 2.75) is 31.7 Å². The molecule has 0 bridgehead atoms. The highest BCUT2D eigenvalue weighted by atomic mass is 79.9. The zero-order valence-corrected chi connectivity index (χ0v) is 12.4. The predicted octanol–water partition coefficient (Wildman–Crippen LogP) is 3.12. The van der Waals surface area contributed by atoms with Gasteiger partial charge in [0.15, 0.2) is 0 Å². The molecule has 1 fully saturated rings. The molecule has 0 spiro atoms. The summed E-state index contributed by atoms with van der Waals surface area (Å²) in [4.78, 5) is 2.57. The molecule has 0 amide bonds. The van der Waals surface area contributed by atoms with Gasteiger partial charge in [-0.2, -0.15) is 0 Å². The van der Waals surface area contributed by atoms with Gasteiger partial charge in [0.25, 0.3) is 0 Å². The fourth-order valence-corrected chi connectivity index (χ4v) is 3.80. The summed E-state index contributed by atoms with van der Waals surface area (Å²) in [7, 11) is 0. The summed E-state index contributed by atoms with van der Waals surface area (Å²) >= 11 is 3.66. The molecule has 1 aromatic rings. The van der Waals surface area contributed by atoms with Crippen LogP contribution < -0.4 is 5.32 Å². The van der Waals surface area contributed by atoms with Gasteiger partial charge in [0.1, 0.15) is 0 Å². The van der Waals surface area contributed by atoms with Crippen LogP contribution in [0.1, 0.15) is 36.4 Å². The summed E-state index contributed by atoms with van der Waals surface area (Å²) in [5, 5.41) is 3.73. The minimum Gasteiger partial charge on any atom is -0.309 e. The topological polar surface area (TPSA) is 15.3 Å². The summed E-state index contributed by atoms with van der Waals surface area (Å²) in [5.41, 5.74) is 3.02. The monoisotopic (exact) mass is 308 g/mol. The molecule has 3 heteroatoms. The first kappa shape index (κ1) is 12.6. The van der Waals surface area contributed by atoms with Gasteiger partial charge < -0.3 is 10.2 Å². The maximum Gasteiger partial charge on any atom is 0.0327 e. The summed E-state index contributed by atoms with van der Waals surface area (Å²) in [5.74, 6) is 0. The second-order valence-corrected chi connectivity index (χ2v) is 6.26. The van der Waals surface area contributed by atoms with E-state index in [0.717, 1.165) is 6.54 Å². The Bertz CT molecular complexity index is 413. The number of hydrogen-bond donors (Lipinski definition) is 1. The maximum absolute atomic E-state index is 3.73. The third-order valence-corrected chi connectivity index (χ3v) is 4.97. The van der Waals surface area contributed by atoms with Gasteiger partial charge in [-0.1, -0.05) is 28.1 Å². The van der Waals surface area contributed by atoms with E-state index in [9.17, 15) is 0 Å². The van der Waals surface area contributed by atoms with Gasteiger partial charge in [-0.15, -0.1) is 0 Å². The lowest BCUT2D eigenvalue weighted by Gasteiger charge is -2.18. The maximum atomic E-state index is 3.73. The SMILES string of the molecule is Brc1cccc2c1CCC2NCCN1CCCC1. The molecule has 0 saturated carbocycles. The van der Waals surface area contributed by atoms with Crippen LogP contribution in [-0.4, -0.2) is 31.1 Å². The quantitative estimate of drug-likeness (QED) is 0.919. The summed E-state index contributed by atoms with van der Waals surface area (Å²) in [6.07, 6.45) is 5.23. The Kier molecular flexibility index (Phi) is 4.02. The highest BCUT2D eigenvalue weighted by Gasteiger charge is 2.23. The Morgan fingerprint density at radius 1 is 1.28 bits per heavy atom. The Balaban J connectivity index is 1.54. The van der Waals surface area contributed by atoms with Crippen molar-refractivity contribution < 1.29 is 0 Å². The molecular formula is C15H21BrN2. The number of halogens is 1. The van der Waals surface area contributed by atoms with Crippen molar-refractivity contribution in [2.24, 2.45) is 0 Å². The number of nitrogens with zero attached hydrogens (tertiary/aromatic N) is 1. The zero-order chi connectivity index (χ0) is 12.4. The van der Waals surface area contributed by atoms with E-state index >= 15 is 0 Å². The normalized spacial score (nSPS) is 23.5. The lowest BCUT2D eigenvalue weighted by atomic mass is 10.1. The first-order valence-electron chi connectivity index (χ1n) is 7.07. The fourth-order valence-electron chi connectivity index (χ4n) is 3.22. The molecule has 1 aromatic carbocycles. The molecule has 2 aliphatic rings. The van der Waals surface area contributed by atoms with Crippen LogP contribution in [0.5, 0.6) is 0 Å². The Morgan fingerprint density at radius 2 is 2.11 bits per heavy atom. The molecule has 1 heterocycles. The van der Waals surface area contributed by atoms with E-state index in [1.165, 1.54) is 60.9 Å². The van der Waals surface area contributed by atoms with Gasteiger partial charge in [-0.25, -0.2) is 0 Å². The van der Waals surface area contributed by atoms with Gasteiger partial charge in [0.05, 0.1) is 0 Å². The number of fused-ring (bicyclic) bond motifs is 1. The Morgan fingerprint density at radius 3 is 2.94 bits per heavy atom. The molecule has 1 aliphatic heterocycles. The van der Waals surface area contributed by atoms with Gasteiger partial charge in [-0.05, 0) is 56.0 Å². The van der Waals surface area contributed by atoms with Crippen LogP contribution >= 0.6 is 15.9 Å². The molecule has 3 rings (SSSR count). The minimum atomic E-state index is 0.570. The molecule has 2 nitrogen and oxygen atoms in total. The average molecular weight is 309 g/mol. The fraction of sp³-hybridized carbons (Fsp3) is 0.600. The van der Waals surface area contributed by atoms with Crippen LogP contribution in [0.2, 0.25) is 0 Å². The van der Waals surface area contributed by atoms with Crippen LogP contribution in [0.15, 0.2) is 22.7 Å². The molecule has 98 valence electrons. The number of rotatable bonds is 4. The van der Waals surface area contributed by atoms with E-state index in [0.29, 0.717) is 6.04 Å². The highest BCUT2D eigenvalue weighted by Crippen LogP contribution is 2.35. The summed E-state index contributed by atoms with van der Waals surface area (Å²) in [6, 6.07) is 7.16. The number of nitrogens with one attached hydrogen (secondary N) is 1. The third kappa shape index (κ3) is 2.63. The number of likely N-dealkylation sites (tertiary alicyclic amines) is 1. The van der Waals surface area contributed by atoms with E-state index in [4.69, 9.17) is 0 Å². The molecule has 1 saturated heterocycles. The zero-order valence-electron chi connectivity index (χ0n) is 10.8. The molecule has 0 radical (unpaired) electrons. The number of hydrogen-bond acceptors (Lipinski definition) is 2. The second kappa shape index (κ2) is 5.72. The standard InChI is InChI=1S/C15H21BrN2/c16-14-5-3-4-13-12(14)6-7-15(13)17-8-11-18-9-1-2-10-18/h3-5,15,17H,1-2,6-11H2. The first-order chi connectivity index (χ1) is 8.84. The largest absolute Gasteiger partial charge is 0.309 e. The molecule has 1 unspecified atom stereocenters. The molecule has 18 heavy (non-hydrogen) atoms. The van der Waals surface area contributed by atoms with Gasteiger partial charge in [0, 0.05) is 23.6 Å². The van der Waals surface area contributed by atoms with Gasteiger partial charge >= 0.3 is 0 Å². The second-order valence-electron chi connectivity index (χ2n) is 5.40. The molecule has 1 aliphatic carbocycles. The van der Waals surface area contributed by atoms with Crippen molar-refractivity contribution in [3.8, 4) is 0 Å². The van der Waals surface area contributed by atoms with E-state index in [2.05, 4.69) is 44.3 Å². The summed E-state index contributed by atoms with van der Waals surface area (Å²) in [6.45, 7) is 4.93. The molecule has 1 N–H and O–H groups in total. The van der Waals surface area contributed by atoms with Crippen molar-refractivity contribution in [1.29, 1.82) is 0 Å². The van der Waals surface area contributed by atoms with Gasteiger partial charge in [0.2, 0.25) is 0 Å². The highest BCUT2D eigenvalue weighted by molar-refractivity contribution is 9.10. The van der Waals surface area contributed by atoms with Crippen molar-refractivity contribution in [3.63, 3.8) is 0 Å². The molecule has 0 aromatic heterocycles. The lowest BCUT2D eigenvalue weighted by molar-refractivity contribution is 0.327. The predicted molar refractivity (Wildman–Crippen MR) is 78.9 cm³/mol. The van der Waals surface area contributed by atoms with Crippen LogP contribution in [0.25, 0.3) is 0 Å². The van der Waals surface area contributed by atoms with Crippen LogP contribution in [0, 0.1) is 0 Å². The van der Waals surface area contributed by atoms with Crippen LogP contribution in [-0.2, 0) is 6.42 Å². The van der Waals surface area contributed by atoms with Crippen molar-refractivity contribution >= 4 is 15.9 Å². The van der Waals surface area contributed by atoms with Gasteiger partial charge in [-0.3, -0.25) is 0 Å². The van der Waals surface area contributed by atoms with Crippen molar-refractivity contribution in [3.05, 3.63) is 33.8 Å². The summed E-state index contributed by atoms with van der Waals surface area (Å²) < 4.78 is 1.28. The Labute approximate surface area is 118 Å². The third-order valence-electron chi connectivity index (χ3n) is 4.23. The smallest absolute Gasteiger partial charge is 0.0327 e. The van der Waals surface area contributed by atoms with E-state index in [1.807, 2.05) is 0 Å². The first-order valence-corrected chi connectivity index (χ1v) is 7.87. The van der Waals surface area contributed by atoms with Crippen molar-refractivity contribution in [2.75, 3.05) is 26.2 Å². The Hall–Kier alpha value is -0.380. The van der Waals surface area contributed by atoms with E-state index < -0.39 is 0 Å². The average Bonchev–Trinajstić information content (AvgIpc) is 3.00. The van der Waals surface area contributed by atoms with Crippen LogP contribution in [0.4, 0.5) is 0 Å². The minimum absolute atomic E-state index is 0.570. The molecule has 1 atom stereocenters. The van der Waals surface area contributed by atoms with E-state index in [-0.39, 0.29) is 0 Å². The van der Waals surface area contributed by atoms with Crippen LogP contribution in [0.3, 0.4) is 0 Å². The van der Waals surface area contributed by atoms with Crippen molar-refractivity contribution in [1.82, 2.24) is 10.2 Å². The number of benzene rings is 1. The molecular weight excluding hydrogens is 288 g/mol. The lowest BCUT2D eigenvalue weighted by Crippen LogP contribution is -2.31. The van der Waals surface area contributed by atoms with E-state index in [1.54, 1.807) is 0 Å².